The van der Waals surface area contributed by atoms with Crippen molar-refractivity contribution in [1.82, 2.24) is 0 Å². The van der Waals surface area contributed by atoms with Crippen LogP contribution in [0.1, 0.15) is 159 Å². The maximum atomic E-state index is 12.0. The van der Waals surface area contributed by atoms with Crippen molar-refractivity contribution in [3.8, 4) is 0 Å². The number of hydrogen-bond donors (Lipinski definition) is 0. The van der Waals surface area contributed by atoms with Gasteiger partial charge < -0.3 is 58.1 Å². The number of ether oxygens (including phenoxy) is 6. The van der Waals surface area contributed by atoms with E-state index < -0.39 is 52.1 Å². The van der Waals surface area contributed by atoms with Gasteiger partial charge in [-0.05, 0) is 57.8 Å². The fraction of sp³-hybridized carbons (Fsp3) is 0.857. The first-order valence-corrected chi connectivity index (χ1v) is 21.0. The van der Waals surface area contributed by atoms with Gasteiger partial charge in [0.05, 0.1) is 17.9 Å². The van der Waals surface area contributed by atoms with E-state index >= 15 is 0 Å². The molecule has 16 heteroatoms. The number of carboxylic acids is 3. The molecule has 3 unspecified atom stereocenters. The summed E-state index contributed by atoms with van der Waals surface area (Å²) in [4.78, 5) is 69.9. The summed E-state index contributed by atoms with van der Waals surface area (Å²) in [6.07, 6.45) is 10.3. The minimum absolute atomic E-state index is 0. The molecule has 0 aromatic heterocycles. The predicted molar refractivity (Wildman–Crippen MR) is 215 cm³/mol. The van der Waals surface area contributed by atoms with Gasteiger partial charge in [-0.25, -0.2) is 0 Å². The van der Waals surface area contributed by atoms with Gasteiger partial charge >= 0.3 is 17.4 Å². The molecule has 0 saturated heterocycles. The molecule has 0 aliphatic heterocycles. The van der Waals surface area contributed by atoms with Crippen LogP contribution in [-0.4, -0.2) is 129 Å². The van der Waals surface area contributed by atoms with E-state index in [2.05, 4.69) is 0 Å². The third-order valence-corrected chi connectivity index (χ3v) is 9.00. The molecule has 0 bridgehead atoms. The number of aliphatic carboxylic acids is 3. The molecule has 0 heterocycles. The zero-order chi connectivity index (χ0) is 44.2. The molecule has 0 N–H and O–H groups in total. The Hall–Kier alpha value is -2.29. The number of unbranched alkanes of at least 4 members (excludes halogenated alkanes) is 6. The molecule has 0 aromatic carbocycles. The van der Waals surface area contributed by atoms with E-state index in [4.69, 9.17) is 28.4 Å². The van der Waals surface area contributed by atoms with Gasteiger partial charge in [0.1, 0.15) is 19.8 Å². The fourth-order valence-corrected chi connectivity index (χ4v) is 4.85. The van der Waals surface area contributed by atoms with Gasteiger partial charge in [-0.3, -0.25) is 14.4 Å². The Morgan fingerprint density at radius 3 is 0.707 bits per heavy atom. The van der Waals surface area contributed by atoms with Crippen molar-refractivity contribution >= 4 is 52.6 Å². The van der Waals surface area contributed by atoms with Crippen LogP contribution in [0, 0.1) is 0 Å². The first kappa shape index (κ1) is 62.4. The van der Waals surface area contributed by atoms with Gasteiger partial charge in [-0.15, -0.1) is 0 Å². The normalized spacial score (nSPS) is 13.8. The van der Waals surface area contributed by atoms with E-state index in [0.29, 0.717) is 39.1 Å². The van der Waals surface area contributed by atoms with Crippen LogP contribution >= 0.6 is 0 Å². The van der Waals surface area contributed by atoms with E-state index in [1.165, 1.54) is 0 Å². The molecule has 0 amide bonds. The second-order valence-corrected chi connectivity index (χ2v) is 13.5. The van der Waals surface area contributed by atoms with Crippen molar-refractivity contribution in [2.75, 3.05) is 59.5 Å². The zero-order valence-electron chi connectivity index (χ0n) is 37.2. The van der Waals surface area contributed by atoms with Crippen LogP contribution in [0.4, 0.5) is 0 Å². The third kappa shape index (κ3) is 24.1. The number of carbonyl (C=O) groups is 6. The Bertz CT molecular complexity index is 971. The summed E-state index contributed by atoms with van der Waals surface area (Å²) in [6.45, 7) is 18.1. The predicted octanol–water partition coefficient (Wildman–Crippen LogP) is 2.88. The van der Waals surface area contributed by atoms with Gasteiger partial charge in [-0.2, -0.15) is 0 Å². The largest absolute Gasteiger partial charge is 3.00 e. The van der Waals surface area contributed by atoms with E-state index in [1.54, 1.807) is 20.8 Å². The Labute approximate surface area is 359 Å². The molecule has 0 spiro atoms. The van der Waals surface area contributed by atoms with Crippen LogP contribution in [0.15, 0.2) is 0 Å². The number of carbonyl (C=O) groups excluding carboxylic acids is 6. The summed E-state index contributed by atoms with van der Waals surface area (Å²) in [5, 5.41) is 33.8. The third-order valence-electron chi connectivity index (χ3n) is 9.00. The number of Topliss-reactive ketones (excluding diaryl/α,β-unsaturated/α-hetero) is 3. The summed E-state index contributed by atoms with van der Waals surface area (Å²) >= 11 is 0. The van der Waals surface area contributed by atoms with E-state index in [0.717, 1.165) is 57.8 Å². The molecule has 0 rings (SSSR count). The van der Waals surface area contributed by atoms with Crippen molar-refractivity contribution < 1.29 is 72.5 Å². The average Bonchev–Trinajstić information content (AvgIpc) is 3.19. The number of hydrogen-bond acceptors (Lipinski definition) is 15. The van der Waals surface area contributed by atoms with Crippen LogP contribution in [-0.2, 0) is 57.2 Å². The van der Waals surface area contributed by atoms with Crippen LogP contribution in [0.25, 0.3) is 0 Å². The zero-order valence-corrected chi connectivity index (χ0v) is 38.3. The number of carboxylic acid groups (broad SMARTS) is 3. The second-order valence-electron chi connectivity index (χ2n) is 13.5. The number of ketones is 3. The van der Waals surface area contributed by atoms with Crippen LogP contribution < -0.4 is 15.3 Å². The molecule has 15 nitrogen and oxygen atoms in total. The SMILES string of the molecule is CCCCOCC(=O)C(CC)(OCCCC)C(=O)[O-].CCCCOCC(=O)C(CC)(OCCCC)C(=O)[O-].CCCCOCC(=O)C(CC)(OCCCC)C(=O)[O-].[Al+3]. The molecular formula is C42H75AlO15. The van der Waals surface area contributed by atoms with Crippen molar-refractivity contribution in [2.45, 2.75) is 175 Å². The van der Waals surface area contributed by atoms with Crippen molar-refractivity contribution in [1.29, 1.82) is 0 Å². The van der Waals surface area contributed by atoms with Crippen molar-refractivity contribution in [2.24, 2.45) is 0 Å². The van der Waals surface area contributed by atoms with Crippen molar-refractivity contribution in [3.05, 3.63) is 0 Å². The van der Waals surface area contributed by atoms with Gasteiger partial charge in [0.2, 0.25) is 0 Å². The summed E-state index contributed by atoms with van der Waals surface area (Å²) in [7, 11) is 0. The van der Waals surface area contributed by atoms with E-state index in [1.807, 2.05) is 41.5 Å². The molecule has 0 aliphatic carbocycles. The second kappa shape index (κ2) is 38.9. The Morgan fingerprint density at radius 1 is 0.362 bits per heavy atom. The van der Waals surface area contributed by atoms with Crippen LogP contribution in [0.2, 0.25) is 0 Å². The Balaban J connectivity index is -0.000000374. The van der Waals surface area contributed by atoms with Gasteiger partial charge in [0.25, 0.3) is 0 Å². The minimum atomic E-state index is -1.86. The smallest absolute Gasteiger partial charge is 0.546 e. The van der Waals surface area contributed by atoms with Gasteiger partial charge in [0, 0.05) is 39.6 Å². The quantitative estimate of drug-likeness (QED) is 0.0502. The van der Waals surface area contributed by atoms with Gasteiger partial charge in [-0.1, -0.05) is 101 Å². The summed E-state index contributed by atoms with van der Waals surface area (Å²) < 4.78 is 31.5. The molecule has 0 fully saturated rings. The van der Waals surface area contributed by atoms with Crippen LogP contribution in [0.5, 0.6) is 0 Å². The van der Waals surface area contributed by atoms with E-state index in [-0.39, 0.29) is 76.3 Å². The Kier molecular flexibility index (Phi) is 41.8. The van der Waals surface area contributed by atoms with Crippen molar-refractivity contribution in [3.63, 3.8) is 0 Å². The maximum Gasteiger partial charge on any atom is 3.00 e. The monoisotopic (exact) mass is 846 g/mol. The summed E-state index contributed by atoms with van der Waals surface area (Å²) in [5.74, 6) is -6.13. The molecule has 0 saturated carbocycles. The molecule has 0 aromatic rings. The first-order valence-electron chi connectivity index (χ1n) is 21.0. The molecule has 3 atom stereocenters. The average molecular weight is 847 g/mol. The van der Waals surface area contributed by atoms with Gasteiger partial charge in [0.15, 0.2) is 34.2 Å². The Morgan fingerprint density at radius 2 is 0.552 bits per heavy atom. The molecule has 0 aliphatic rings. The van der Waals surface area contributed by atoms with E-state index in [9.17, 15) is 44.1 Å². The molecule has 336 valence electrons. The van der Waals surface area contributed by atoms with Crippen LogP contribution in [0.3, 0.4) is 0 Å². The first-order chi connectivity index (χ1) is 27.1. The topological polar surface area (TPSA) is 227 Å². The maximum absolute atomic E-state index is 12.0. The molecular weight excluding hydrogens is 771 g/mol. The standard InChI is InChI=1S/3C14H26O5.Al/c3*1-4-7-9-18-11-12(15)14(6-3,13(16)17)19-10-8-5-2;/h3*4-11H2,1-3H3,(H,16,17);/q;;;+3/p-3. The number of rotatable bonds is 36. The minimum Gasteiger partial charge on any atom is -0.546 e. The summed E-state index contributed by atoms with van der Waals surface area (Å²) in [6, 6.07) is 0. The molecule has 0 radical (unpaired) electrons. The summed E-state index contributed by atoms with van der Waals surface area (Å²) in [5.41, 5.74) is -5.58. The fourth-order valence-electron chi connectivity index (χ4n) is 4.85. The molecule has 58 heavy (non-hydrogen) atoms.